The second-order valence-corrected chi connectivity index (χ2v) is 8.81. The second-order valence-electron chi connectivity index (χ2n) is 8.81. The smallest absolute Gasteiger partial charge is 0.410 e. The van der Waals surface area contributed by atoms with Gasteiger partial charge in [-0.2, -0.15) is 0 Å². The molecule has 0 radical (unpaired) electrons. The highest BCUT2D eigenvalue weighted by Gasteiger charge is 2.33. The van der Waals surface area contributed by atoms with Crippen LogP contribution in [0.25, 0.3) is 0 Å². The van der Waals surface area contributed by atoms with Crippen molar-refractivity contribution >= 4 is 12.6 Å². The zero-order valence-electron chi connectivity index (χ0n) is 19.0. The van der Waals surface area contributed by atoms with Gasteiger partial charge in [0.2, 0.25) is 0 Å². The predicted molar refractivity (Wildman–Crippen MR) is 118 cm³/mol. The average Bonchev–Trinajstić information content (AvgIpc) is 3.21. The van der Waals surface area contributed by atoms with Crippen molar-refractivity contribution in [2.45, 2.75) is 64.2 Å². The molecule has 1 amide bonds. The van der Waals surface area contributed by atoms with Crippen LogP contribution < -0.4 is 0 Å². The lowest BCUT2D eigenvalue weighted by Crippen LogP contribution is -2.39. The Kier molecular flexibility index (Phi) is 9.17. The van der Waals surface area contributed by atoms with Gasteiger partial charge >= 0.3 is 6.09 Å². The highest BCUT2D eigenvalue weighted by atomic mass is 19.1. The molecule has 0 aliphatic heterocycles. The van der Waals surface area contributed by atoms with Gasteiger partial charge < -0.3 is 14.4 Å². The maximum absolute atomic E-state index is 13.9. The fourth-order valence-electron chi connectivity index (χ4n) is 3.61. The Labute approximate surface area is 188 Å². The fourth-order valence-corrected chi connectivity index (χ4v) is 3.61. The maximum atomic E-state index is 13.9. The van der Waals surface area contributed by atoms with Crippen molar-refractivity contribution in [3.63, 3.8) is 0 Å². The zero-order valence-corrected chi connectivity index (χ0v) is 19.0. The van der Waals surface area contributed by atoms with Crippen LogP contribution in [0.3, 0.4) is 0 Å². The molecule has 0 N–H and O–H groups in total. The minimum absolute atomic E-state index is 0.00971. The van der Waals surface area contributed by atoms with E-state index in [1.807, 2.05) is 51.1 Å². The summed E-state index contributed by atoms with van der Waals surface area (Å²) in [4.78, 5) is 23.4. The molecule has 2 aromatic carbocycles. The van der Waals surface area contributed by atoms with Gasteiger partial charge in [0, 0.05) is 19.2 Å². The molecule has 1 aliphatic rings. The molecule has 0 spiro atoms. The molecule has 32 heavy (non-hydrogen) atoms. The first-order chi connectivity index (χ1) is 15.1. The van der Waals surface area contributed by atoms with Crippen LogP contribution in [-0.2, 0) is 20.9 Å². The minimum Gasteiger partial charge on any atom is -0.463 e. The SMILES string of the molecule is CN(C(=O)OC(C)(C)C)C1CCC(c2ccc(F)cc2F)C1.O=COCc1ccccc1. The summed E-state index contributed by atoms with van der Waals surface area (Å²) in [5, 5.41) is 0. The van der Waals surface area contributed by atoms with E-state index < -0.39 is 17.2 Å². The second kappa shape index (κ2) is 11.6. The average molecular weight is 448 g/mol. The first kappa shape index (κ1) is 25.3. The van der Waals surface area contributed by atoms with E-state index >= 15 is 0 Å². The normalized spacial score (nSPS) is 17.7. The molecular weight excluding hydrogens is 416 g/mol. The molecule has 5 nitrogen and oxygen atoms in total. The number of ether oxygens (including phenoxy) is 2. The summed E-state index contributed by atoms with van der Waals surface area (Å²) >= 11 is 0. The molecule has 1 aliphatic carbocycles. The lowest BCUT2D eigenvalue weighted by Gasteiger charge is -2.28. The van der Waals surface area contributed by atoms with Gasteiger partial charge in [-0.15, -0.1) is 0 Å². The number of nitrogens with zero attached hydrogens (tertiary/aromatic N) is 1. The van der Waals surface area contributed by atoms with Gasteiger partial charge in [-0.25, -0.2) is 13.6 Å². The van der Waals surface area contributed by atoms with E-state index in [9.17, 15) is 18.4 Å². The molecule has 0 heterocycles. The van der Waals surface area contributed by atoms with E-state index in [0.717, 1.165) is 24.5 Å². The topological polar surface area (TPSA) is 55.8 Å². The Morgan fingerprint density at radius 3 is 2.41 bits per heavy atom. The molecule has 1 saturated carbocycles. The number of halogens is 2. The molecule has 3 rings (SSSR count). The zero-order chi connectivity index (χ0) is 23.7. The molecule has 0 saturated heterocycles. The first-order valence-electron chi connectivity index (χ1n) is 10.6. The van der Waals surface area contributed by atoms with E-state index in [1.54, 1.807) is 11.9 Å². The van der Waals surface area contributed by atoms with Gasteiger partial charge in [0.1, 0.15) is 23.8 Å². The highest BCUT2D eigenvalue weighted by molar-refractivity contribution is 5.68. The molecule has 0 aromatic heterocycles. The van der Waals surface area contributed by atoms with Crippen LogP contribution in [0, 0.1) is 11.6 Å². The number of hydrogen-bond donors (Lipinski definition) is 0. The van der Waals surface area contributed by atoms with Crippen LogP contribution in [0.15, 0.2) is 48.5 Å². The van der Waals surface area contributed by atoms with Gasteiger partial charge in [-0.3, -0.25) is 4.79 Å². The Balaban J connectivity index is 0.000000303. The number of amides is 1. The minimum atomic E-state index is -0.568. The summed E-state index contributed by atoms with van der Waals surface area (Å²) in [5.41, 5.74) is 1.00. The third-order valence-electron chi connectivity index (χ3n) is 5.20. The van der Waals surface area contributed by atoms with Crippen molar-refractivity contribution < 1.29 is 27.8 Å². The van der Waals surface area contributed by atoms with E-state index in [1.165, 1.54) is 12.1 Å². The van der Waals surface area contributed by atoms with Crippen molar-refractivity contribution in [2.75, 3.05) is 7.05 Å². The summed E-state index contributed by atoms with van der Waals surface area (Å²) < 4.78 is 36.8. The lowest BCUT2D eigenvalue weighted by atomic mass is 9.97. The van der Waals surface area contributed by atoms with Crippen molar-refractivity contribution in [3.05, 3.63) is 71.3 Å². The molecule has 2 unspecified atom stereocenters. The maximum Gasteiger partial charge on any atom is 0.410 e. The molecule has 174 valence electrons. The summed E-state index contributed by atoms with van der Waals surface area (Å²) in [7, 11) is 1.71. The van der Waals surface area contributed by atoms with Crippen LogP contribution in [-0.4, -0.2) is 36.2 Å². The van der Waals surface area contributed by atoms with Crippen LogP contribution in [0.5, 0.6) is 0 Å². The molecule has 0 bridgehead atoms. The summed E-state index contributed by atoms with van der Waals surface area (Å²) in [6, 6.07) is 13.3. The largest absolute Gasteiger partial charge is 0.463 e. The van der Waals surface area contributed by atoms with Gasteiger partial charge in [0.05, 0.1) is 0 Å². The number of carbonyl (C=O) groups excluding carboxylic acids is 2. The van der Waals surface area contributed by atoms with Crippen LogP contribution >= 0.6 is 0 Å². The van der Waals surface area contributed by atoms with E-state index in [-0.39, 0.29) is 18.1 Å². The third kappa shape index (κ3) is 7.94. The van der Waals surface area contributed by atoms with Crippen LogP contribution in [0.4, 0.5) is 13.6 Å². The van der Waals surface area contributed by atoms with E-state index in [2.05, 4.69) is 4.74 Å². The van der Waals surface area contributed by atoms with Gasteiger partial charge in [-0.05, 0) is 63.1 Å². The number of rotatable bonds is 5. The Hall–Kier alpha value is -2.96. The van der Waals surface area contributed by atoms with E-state index in [0.29, 0.717) is 25.1 Å². The number of benzene rings is 2. The molecule has 7 heteroatoms. The standard InChI is InChI=1S/C17H23F2NO2.C8H8O2/c1-17(2,3)22-16(21)20(4)13-7-5-11(9-13)14-8-6-12(18)10-15(14)19;9-7-10-6-8-4-2-1-3-5-8/h6,8,10-11,13H,5,7,9H2,1-4H3;1-5,7H,6H2. The number of hydrogen-bond acceptors (Lipinski definition) is 4. The molecular formula is C25H31F2NO4. The third-order valence-corrected chi connectivity index (χ3v) is 5.20. The fraction of sp³-hybridized carbons (Fsp3) is 0.440. The monoisotopic (exact) mass is 447 g/mol. The highest BCUT2D eigenvalue weighted by Crippen LogP contribution is 2.38. The van der Waals surface area contributed by atoms with Crippen molar-refractivity contribution in [1.82, 2.24) is 4.90 Å². The van der Waals surface area contributed by atoms with E-state index in [4.69, 9.17) is 4.74 Å². The van der Waals surface area contributed by atoms with Crippen molar-refractivity contribution in [1.29, 1.82) is 0 Å². The van der Waals surface area contributed by atoms with Crippen LogP contribution in [0.2, 0.25) is 0 Å². The van der Waals surface area contributed by atoms with Crippen molar-refractivity contribution in [3.8, 4) is 0 Å². The Morgan fingerprint density at radius 2 is 1.81 bits per heavy atom. The quantitative estimate of drug-likeness (QED) is 0.542. The summed E-state index contributed by atoms with van der Waals surface area (Å²) in [5.74, 6) is -1.07. The van der Waals surface area contributed by atoms with Gasteiger partial charge in [0.15, 0.2) is 0 Å². The Bertz CT molecular complexity index is 883. The Morgan fingerprint density at radius 1 is 1.12 bits per heavy atom. The van der Waals surface area contributed by atoms with Crippen LogP contribution in [0.1, 0.15) is 57.1 Å². The lowest BCUT2D eigenvalue weighted by molar-refractivity contribution is -0.129. The number of carbonyl (C=O) groups is 2. The summed E-state index contributed by atoms with van der Waals surface area (Å²) in [6.45, 7) is 6.29. The molecule has 1 fully saturated rings. The van der Waals surface area contributed by atoms with Gasteiger partial charge in [0.25, 0.3) is 6.47 Å². The first-order valence-corrected chi connectivity index (χ1v) is 10.6. The predicted octanol–water partition coefficient (Wildman–Crippen LogP) is 5.83. The summed E-state index contributed by atoms with van der Waals surface area (Å²) in [6.07, 6.45) is 1.87. The van der Waals surface area contributed by atoms with Crippen molar-refractivity contribution in [2.24, 2.45) is 0 Å². The molecule has 2 aromatic rings. The molecule has 2 atom stereocenters. The van der Waals surface area contributed by atoms with Gasteiger partial charge in [-0.1, -0.05) is 36.4 Å².